The first-order chi connectivity index (χ1) is 9.22. The smallest absolute Gasteiger partial charge is 0.162 e. The summed E-state index contributed by atoms with van der Waals surface area (Å²) in [5.74, 6) is 0.524. The van der Waals surface area contributed by atoms with Gasteiger partial charge >= 0.3 is 0 Å². The first-order valence-corrected chi connectivity index (χ1v) is 6.42. The lowest BCUT2D eigenvalue weighted by atomic mass is 10.1. The number of hydrogen-bond donors (Lipinski definition) is 1. The molecule has 0 aliphatic heterocycles. The Kier molecular flexibility index (Phi) is 3.23. The number of aromatic nitrogens is 3. The Labute approximate surface area is 120 Å². The minimum absolute atomic E-state index is 0.337. The summed E-state index contributed by atoms with van der Waals surface area (Å²) in [5, 5.41) is 0.673. The highest BCUT2D eigenvalue weighted by atomic mass is 35.5. The lowest BCUT2D eigenvalue weighted by molar-refractivity contribution is 1.18. The van der Waals surface area contributed by atoms with E-state index in [1.165, 1.54) is 6.07 Å². The molecule has 2 heterocycles. The predicted octanol–water partition coefficient (Wildman–Crippen LogP) is 4.45. The Balaban J connectivity index is 1.98. The number of nitrogens with zero attached hydrogens (tertiary/aromatic N) is 2. The topological polar surface area (TPSA) is 41.6 Å². The van der Waals surface area contributed by atoms with Crippen LogP contribution < -0.4 is 0 Å². The van der Waals surface area contributed by atoms with Crippen molar-refractivity contribution in [1.29, 1.82) is 0 Å². The molecule has 2 aromatic heterocycles. The van der Waals surface area contributed by atoms with E-state index in [-0.39, 0.29) is 0 Å². The highest BCUT2D eigenvalue weighted by Crippen LogP contribution is 2.23. The van der Waals surface area contributed by atoms with Gasteiger partial charge in [-0.25, -0.2) is 9.97 Å². The van der Waals surface area contributed by atoms with E-state index in [9.17, 15) is 0 Å². The molecule has 0 aliphatic rings. The number of hydrogen-bond acceptors (Lipinski definition) is 2. The van der Waals surface area contributed by atoms with Crippen molar-refractivity contribution in [2.75, 3.05) is 0 Å². The quantitative estimate of drug-likeness (QED) is 0.709. The Hall–Kier alpha value is -1.84. The first-order valence-electron chi connectivity index (χ1n) is 5.67. The fourth-order valence-electron chi connectivity index (χ4n) is 1.83. The largest absolute Gasteiger partial charge is 0.361 e. The number of halogens is 2. The maximum absolute atomic E-state index is 5.87. The second-order valence-electron chi connectivity index (χ2n) is 4.00. The molecule has 3 nitrogen and oxygen atoms in total. The van der Waals surface area contributed by atoms with Crippen LogP contribution in [-0.2, 0) is 0 Å². The Bertz CT molecular complexity index is 671. The van der Waals surface area contributed by atoms with Crippen molar-refractivity contribution in [2.24, 2.45) is 0 Å². The Morgan fingerprint density at radius 3 is 2.05 bits per heavy atom. The van der Waals surface area contributed by atoms with Crippen molar-refractivity contribution in [3.05, 3.63) is 59.0 Å². The molecule has 3 rings (SSSR count). The highest BCUT2D eigenvalue weighted by Gasteiger charge is 2.05. The van der Waals surface area contributed by atoms with Gasteiger partial charge in [-0.15, -0.1) is 0 Å². The molecule has 0 radical (unpaired) electrons. The van der Waals surface area contributed by atoms with Crippen molar-refractivity contribution in [1.82, 2.24) is 15.0 Å². The predicted molar refractivity (Wildman–Crippen MR) is 77.3 cm³/mol. The molecule has 1 N–H and O–H groups in total. The Morgan fingerprint density at radius 1 is 0.842 bits per heavy atom. The van der Waals surface area contributed by atoms with Gasteiger partial charge in [0.2, 0.25) is 0 Å². The van der Waals surface area contributed by atoms with Crippen molar-refractivity contribution >= 4 is 23.2 Å². The average molecular weight is 290 g/mol. The standard InChI is InChI=1S/C14H9Cl2N3/c15-12-8-13(16)19-14(18-12)10-5-3-9(4-6-10)11-2-1-7-17-11/h1-8,17H. The van der Waals surface area contributed by atoms with Gasteiger partial charge < -0.3 is 4.98 Å². The molecule has 0 saturated heterocycles. The zero-order chi connectivity index (χ0) is 13.2. The van der Waals surface area contributed by atoms with E-state index < -0.39 is 0 Å². The molecule has 5 heteroatoms. The minimum atomic E-state index is 0.337. The van der Waals surface area contributed by atoms with Gasteiger partial charge in [0.25, 0.3) is 0 Å². The molecule has 3 aromatic rings. The van der Waals surface area contributed by atoms with Crippen molar-refractivity contribution < 1.29 is 0 Å². The fourth-order valence-corrected chi connectivity index (χ4v) is 2.25. The van der Waals surface area contributed by atoms with Gasteiger partial charge in [-0.1, -0.05) is 47.5 Å². The van der Waals surface area contributed by atoms with Gasteiger partial charge in [0, 0.05) is 23.5 Å². The van der Waals surface area contributed by atoms with Crippen LogP contribution in [0.15, 0.2) is 48.7 Å². The molecule has 0 bridgehead atoms. The highest BCUT2D eigenvalue weighted by molar-refractivity contribution is 6.33. The summed E-state index contributed by atoms with van der Waals surface area (Å²) in [7, 11) is 0. The van der Waals surface area contributed by atoms with Crippen LogP contribution in [0.2, 0.25) is 10.3 Å². The van der Waals surface area contributed by atoms with E-state index in [4.69, 9.17) is 23.2 Å². The molecule has 0 spiro atoms. The maximum Gasteiger partial charge on any atom is 0.162 e. The van der Waals surface area contributed by atoms with E-state index >= 15 is 0 Å². The maximum atomic E-state index is 5.87. The molecular weight excluding hydrogens is 281 g/mol. The second kappa shape index (κ2) is 5.03. The van der Waals surface area contributed by atoms with Gasteiger partial charge in [0.1, 0.15) is 10.3 Å². The zero-order valence-electron chi connectivity index (χ0n) is 9.77. The van der Waals surface area contributed by atoms with Crippen LogP contribution in [0.5, 0.6) is 0 Å². The van der Waals surface area contributed by atoms with Gasteiger partial charge in [-0.05, 0) is 17.7 Å². The average Bonchev–Trinajstić information content (AvgIpc) is 2.91. The third-order valence-electron chi connectivity index (χ3n) is 2.72. The van der Waals surface area contributed by atoms with Crippen molar-refractivity contribution in [3.8, 4) is 22.6 Å². The van der Waals surface area contributed by atoms with Gasteiger partial charge in [-0.3, -0.25) is 0 Å². The third-order valence-corrected chi connectivity index (χ3v) is 3.10. The van der Waals surface area contributed by atoms with Crippen LogP contribution in [0.3, 0.4) is 0 Å². The Morgan fingerprint density at radius 2 is 1.47 bits per heavy atom. The van der Waals surface area contributed by atoms with Gasteiger partial charge in [0.15, 0.2) is 5.82 Å². The molecule has 1 aromatic carbocycles. The normalized spacial score (nSPS) is 10.6. The van der Waals surface area contributed by atoms with Crippen LogP contribution in [0.25, 0.3) is 22.6 Å². The van der Waals surface area contributed by atoms with Crippen LogP contribution in [0.1, 0.15) is 0 Å². The van der Waals surface area contributed by atoms with Crippen LogP contribution >= 0.6 is 23.2 Å². The second-order valence-corrected chi connectivity index (χ2v) is 4.77. The summed E-state index contributed by atoms with van der Waals surface area (Å²) >= 11 is 11.7. The lowest BCUT2D eigenvalue weighted by Gasteiger charge is -2.03. The number of aromatic amines is 1. The van der Waals surface area contributed by atoms with E-state index in [1.54, 1.807) is 0 Å². The molecule has 19 heavy (non-hydrogen) atoms. The monoisotopic (exact) mass is 289 g/mol. The summed E-state index contributed by atoms with van der Waals surface area (Å²) < 4.78 is 0. The van der Waals surface area contributed by atoms with Crippen molar-refractivity contribution in [2.45, 2.75) is 0 Å². The molecule has 0 atom stereocenters. The number of nitrogens with one attached hydrogen (secondary N) is 1. The lowest BCUT2D eigenvalue weighted by Crippen LogP contribution is -1.90. The first kappa shape index (κ1) is 12.2. The van der Waals surface area contributed by atoms with E-state index in [1.807, 2.05) is 42.6 Å². The minimum Gasteiger partial charge on any atom is -0.361 e. The summed E-state index contributed by atoms with van der Waals surface area (Å²) in [6.45, 7) is 0. The molecule has 0 saturated carbocycles. The molecule has 0 amide bonds. The summed E-state index contributed by atoms with van der Waals surface area (Å²) in [6, 6.07) is 13.4. The third kappa shape index (κ3) is 2.62. The number of rotatable bonds is 2. The van der Waals surface area contributed by atoms with Crippen molar-refractivity contribution in [3.63, 3.8) is 0 Å². The van der Waals surface area contributed by atoms with E-state index in [2.05, 4.69) is 15.0 Å². The van der Waals surface area contributed by atoms with Crippen LogP contribution in [-0.4, -0.2) is 15.0 Å². The molecule has 0 fully saturated rings. The number of H-pyrrole nitrogens is 1. The van der Waals surface area contributed by atoms with E-state index in [0.717, 1.165) is 16.8 Å². The van der Waals surface area contributed by atoms with Gasteiger partial charge in [-0.2, -0.15) is 0 Å². The SMILES string of the molecule is Clc1cc(Cl)nc(-c2ccc(-c3ccc[nH]3)cc2)n1. The molecule has 94 valence electrons. The van der Waals surface area contributed by atoms with Crippen LogP contribution in [0, 0.1) is 0 Å². The zero-order valence-corrected chi connectivity index (χ0v) is 11.3. The van der Waals surface area contributed by atoms with Gasteiger partial charge in [0.05, 0.1) is 0 Å². The fraction of sp³-hybridized carbons (Fsp3) is 0. The summed E-state index contributed by atoms with van der Waals surface area (Å²) in [4.78, 5) is 11.5. The number of benzene rings is 1. The molecule has 0 aliphatic carbocycles. The van der Waals surface area contributed by atoms with Crippen LogP contribution in [0.4, 0.5) is 0 Å². The summed E-state index contributed by atoms with van der Waals surface area (Å²) in [5.41, 5.74) is 3.04. The summed E-state index contributed by atoms with van der Waals surface area (Å²) in [6.07, 6.45) is 1.89. The molecule has 0 unspecified atom stereocenters. The van der Waals surface area contributed by atoms with E-state index in [0.29, 0.717) is 16.1 Å². The molecular formula is C14H9Cl2N3.